The number of hydrogen-bond acceptors (Lipinski definition) is 8. The molecule has 1 unspecified atom stereocenters. The van der Waals surface area contributed by atoms with Gasteiger partial charge in [0.25, 0.3) is 5.91 Å². The lowest BCUT2D eigenvalue weighted by Gasteiger charge is -2.37. The van der Waals surface area contributed by atoms with E-state index in [1.807, 2.05) is 42.2 Å². The Kier molecular flexibility index (Phi) is 8.29. The van der Waals surface area contributed by atoms with E-state index in [1.54, 1.807) is 12.3 Å². The molecule has 2 fully saturated rings. The number of anilines is 2. The van der Waals surface area contributed by atoms with Gasteiger partial charge in [-0.25, -0.2) is 14.0 Å². The van der Waals surface area contributed by atoms with E-state index >= 15 is 0 Å². The molecule has 2 aliphatic rings. The molecule has 41 heavy (non-hydrogen) atoms. The number of nitrogens with zero attached hydrogens (tertiary/aromatic N) is 6. The van der Waals surface area contributed by atoms with E-state index in [4.69, 9.17) is 4.78 Å². The standard InChI is InChI=1S/C31H37N7O2S/c1-23-19-24(2)27(20-26(23)22-35-11-13-36(14-12-35)28-8-5-4-7-25(28)21-32)31(39)38-17-15-37(16-18-38)29-9-6-10-34-30(29)41(3,33)40/h4-10,19-20,33H,11-18,22H2,1-3H3. The van der Waals surface area contributed by atoms with Gasteiger partial charge in [0.05, 0.1) is 26.7 Å². The van der Waals surface area contributed by atoms with Gasteiger partial charge >= 0.3 is 0 Å². The second kappa shape index (κ2) is 11.9. The van der Waals surface area contributed by atoms with Crippen LogP contribution < -0.4 is 9.80 Å². The SMILES string of the molecule is Cc1cc(C)c(C(=O)N2CCN(c3cccnc3S(C)(=N)=O)CC2)cc1CN1CCN(c2ccccc2C#N)CC1. The number of aryl methyl sites for hydroxylation is 2. The third kappa shape index (κ3) is 6.21. The zero-order chi connectivity index (χ0) is 29.1. The summed E-state index contributed by atoms with van der Waals surface area (Å²) in [7, 11) is -2.96. The Morgan fingerprint density at radius 1 is 0.927 bits per heavy atom. The molecule has 1 atom stereocenters. The number of nitrogens with one attached hydrogen (secondary N) is 1. The van der Waals surface area contributed by atoms with E-state index in [2.05, 4.69) is 44.8 Å². The molecule has 3 aromatic rings. The smallest absolute Gasteiger partial charge is 0.254 e. The van der Waals surface area contributed by atoms with Crippen LogP contribution in [0.5, 0.6) is 0 Å². The second-order valence-electron chi connectivity index (χ2n) is 10.9. The Morgan fingerprint density at radius 2 is 1.56 bits per heavy atom. The number of hydrogen-bond donors (Lipinski definition) is 1. The maximum atomic E-state index is 13.7. The number of piperazine rings is 2. The molecule has 0 aliphatic carbocycles. The summed E-state index contributed by atoms with van der Waals surface area (Å²) in [6.07, 6.45) is 2.96. The molecule has 0 radical (unpaired) electrons. The number of carbonyl (C=O) groups is 1. The number of nitriles is 1. The van der Waals surface area contributed by atoms with Gasteiger partial charge < -0.3 is 14.7 Å². The first kappa shape index (κ1) is 28.6. The van der Waals surface area contributed by atoms with Crippen LogP contribution in [0.25, 0.3) is 0 Å². The number of benzene rings is 2. The lowest BCUT2D eigenvalue weighted by molar-refractivity contribution is 0.0745. The highest BCUT2D eigenvalue weighted by atomic mass is 32.2. The predicted molar refractivity (Wildman–Crippen MR) is 162 cm³/mol. The van der Waals surface area contributed by atoms with E-state index in [1.165, 1.54) is 11.8 Å². The molecule has 0 bridgehead atoms. The molecule has 9 nitrogen and oxygen atoms in total. The van der Waals surface area contributed by atoms with Gasteiger partial charge in [0, 0.05) is 76.9 Å². The summed E-state index contributed by atoms with van der Waals surface area (Å²) in [5.74, 6) is 0.0347. The lowest BCUT2D eigenvalue weighted by Crippen LogP contribution is -2.49. The number of para-hydroxylation sites is 1. The van der Waals surface area contributed by atoms with Crippen molar-refractivity contribution in [2.75, 3.05) is 68.4 Å². The molecular weight excluding hydrogens is 534 g/mol. The summed E-state index contributed by atoms with van der Waals surface area (Å²) in [6.45, 7) is 10.6. The van der Waals surface area contributed by atoms with Crippen LogP contribution in [-0.4, -0.2) is 83.5 Å². The molecule has 1 N–H and O–H groups in total. The number of carbonyl (C=O) groups excluding carboxylic acids is 1. The molecule has 0 saturated carbocycles. The van der Waals surface area contributed by atoms with Crippen molar-refractivity contribution in [3.05, 3.63) is 82.5 Å². The van der Waals surface area contributed by atoms with Crippen LogP contribution in [0.1, 0.15) is 32.6 Å². The average Bonchev–Trinajstić information content (AvgIpc) is 2.98. The van der Waals surface area contributed by atoms with Crippen molar-refractivity contribution in [1.29, 1.82) is 10.0 Å². The Bertz CT molecular complexity index is 1580. The Balaban J connectivity index is 1.24. The number of aromatic nitrogens is 1. The molecule has 3 heterocycles. The third-order valence-corrected chi connectivity index (χ3v) is 9.12. The molecule has 1 aromatic heterocycles. The summed E-state index contributed by atoms with van der Waals surface area (Å²) in [6, 6.07) is 17.9. The largest absolute Gasteiger partial charge is 0.368 e. The van der Waals surface area contributed by atoms with E-state index in [-0.39, 0.29) is 5.91 Å². The quantitative estimate of drug-likeness (QED) is 0.478. The second-order valence-corrected chi connectivity index (χ2v) is 13.0. The minimum absolute atomic E-state index is 0.0347. The third-order valence-electron chi connectivity index (χ3n) is 8.07. The van der Waals surface area contributed by atoms with Gasteiger partial charge in [-0.2, -0.15) is 5.26 Å². The van der Waals surface area contributed by atoms with Crippen LogP contribution in [0.15, 0.2) is 59.8 Å². The van der Waals surface area contributed by atoms with Gasteiger partial charge in [-0.3, -0.25) is 9.69 Å². The number of pyridine rings is 1. The monoisotopic (exact) mass is 571 g/mol. The van der Waals surface area contributed by atoms with E-state index in [0.29, 0.717) is 42.5 Å². The van der Waals surface area contributed by atoms with Gasteiger partial charge in [0.2, 0.25) is 0 Å². The van der Waals surface area contributed by atoms with E-state index in [0.717, 1.165) is 55.1 Å². The molecule has 0 spiro atoms. The summed E-state index contributed by atoms with van der Waals surface area (Å²) in [5, 5.41) is 9.78. The summed E-state index contributed by atoms with van der Waals surface area (Å²) in [5.41, 5.74) is 6.49. The molecule has 2 saturated heterocycles. The normalized spacial score (nSPS) is 17.7. The molecule has 214 valence electrons. The maximum Gasteiger partial charge on any atom is 0.254 e. The van der Waals surface area contributed by atoms with E-state index < -0.39 is 9.73 Å². The molecule has 1 amide bonds. The van der Waals surface area contributed by atoms with Crippen molar-refractivity contribution < 1.29 is 9.00 Å². The van der Waals surface area contributed by atoms with Crippen molar-refractivity contribution in [1.82, 2.24) is 14.8 Å². The van der Waals surface area contributed by atoms with Crippen LogP contribution in [0.2, 0.25) is 0 Å². The molecule has 10 heteroatoms. The highest BCUT2D eigenvalue weighted by Gasteiger charge is 2.27. The van der Waals surface area contributed by atoms with Crippen molar-refractivity contribution in [3.63, 3.8) is 0 Å². The first-order chi connectivity index (χ1) is 19.7. The minimum atomic E-state index is -2.96. The van der Waals surface area contributed by atoms with Gasteiger partial charge in [-0.1, -0.05) is 18.2 Å². The Hall–Kier alpha value is -3.94. The predicted octanol–water partition coefficient (Wildman–Crippen LogP) is 3.89. The molecular formula is C31H37N7O2S. The zero-order valence-electron chi connectivity index (χ0n) is 24.0. The van der Waals surface area contributed by atoms with Crippen LogP contribution in [0, 0.1) is 30.0 Å². The van der Waals surface area contributed by atoms with Gasteiger partial charge in [-0.15, -0.1) is 0 Å². The van der Waals surface area contributed by atoms with Crippen molar-refractivity contribution in [2.45, 2.75) is 25.4 Å². The minimum Gasteiger partial charge on any atom is -0.368 e. The first-order valence-electron chi connectivity index (χ1n) is 14.0. The van der Waals surface area contributed by atoms with Crippen molar-refractivity contribution in [3.8, 4) is 6.07 Å². The fraction of sp³-hybridized carbons (Fsp3) is 0.387. The van der Waals surface area contributed by atoms with Gasteiger partial charge in [-0.05, 0) is 60.9 Å². The van der Waals surface area contributed by atoms with Crippen LogP contribution in [0.4, 0.5) is 11.4 Å². The van der Waals surface area contributed by atoms with Crippen LogP contribution in [-0.2, 0) is 16.3 Å². The van der Waals surface area contributed by atoms with E-state index in [9.17, 15) is 14.3 Å². The van der Waals surface area contributed by atoms with Gasteiger partial charge in [0.1, 0.15) is 6.07 Å². The lowest BCUT2D eigenvalue weighted by atomic mass is 9.98. The Morgan fingerprint density at radius 3 is 2.24 bits per heavy atom. The van der Waals surface area contributed by atoms with Crippen molar-refractivity contribution in [2.24, 2.45) is 0 Å². The summed E-state index contributed by atoms with van der Waals surface area (Å²) < 4.78 is 20.5. The number of rotatable bonds is 6. The first-order valence-corrected chi connectivity index (χ1v) is 15.9. The number of amides is 1. The van der Waals surface area contributed by atoms with Crippen molar-refractivity contribution >= 4 is 27.0 Å². The molecule has 2 aliphatic heterocycles. The topological polar surface area (TPSA) is 108 Å². The van der Waals surface area contributed by atoms with Crippen LogP contribution in [0.3, 0.4) is 0 Å². The highest BCUT2D eigenvalue weighted by molar-refractivity contribution is 7.91. The fourth-order valence-corrected chi connectivity index (χ4v) is 6.63. The van der Waals surface area contributed by atoms with Gasteiger partial charge in [0.15, 0.2) is 5.03 Å². The summed E-state index contributed by atoms with van der Waals surface area (Å²) in [4.78, 5) is 26.6. The maximum absolute atomic E-state index is 13.7. The molecule has 5 rings (SSSR count). The Labute approximate surface area is 243 Å². The average molecular weight is 572 g/mol. The highest BCUT2D eigenvalue weighted by Crippen LogP contribution is 2.26. The summed E-state index contributed by atoms with van der Waals surface area (Å²) >= 11 is 0. The fourth-order valence-electron chi connectivity index (χ4n) is 5.77. The zero-order valence-corrected chi connectivity index (χ0v) is 24.8. The van der Waals surface area contributed by atoms with Crippen LogP contribution >= 0.6 is 0 Å². The molecule has 2 aromatic carbocycles.